The van der Waals surface area contributed by atoms with Gasteiger partial charge in [-0.25, -0.2) is 0 Å². The normalized spacial score (nSPS) is 13.5. The highest BCUT2D eigenvalue weighted by Gasteiger charge is 2.42. The first-order chi connectivity index (χ1) is 16.7. The van der Waals surface area contributed by atoms with Crippen LogP contribution in [0.5, 0.6) is 0 Å². The Kier molecular flexibility index (Phi) is 18.6. The molecule has 0 fully saturated rings. The fraction of sp³-hybridized carbons (Fsp3) is 1.00. The second-order valence-corrected chi connectivity index (χ2v) is 17.9. The first-order valence-electron chi connectivity index (χ1n) is 12.3. The number of hydrogen-bond acceptors (Lipinski definition) is 10. The molecule has 0 radical (unpaired) electrons. The van der Waals surface area contributed by atoms with Gasteiger partial charge in [-0.1, -0.05) is 0 Å². The van der Waals surface area contributed by atoms with Crippen molar-refractivity contribution in [3.8, 4) is 0 Å². The zero-order valence-electron chi connectivity index (χ0n) is 23.9. The van der Waals surface area contributed by atoms with E-state index in [0.29, 0.717) is 13.2 Å². The zero-order valence-corrected chi connectivity index (χ0v) is 26.9. The highest BCUT2D eigenvalue weighted by Crippen LogP contribution is 2.40. The minimum Gasteiger partial charge on any atom is -0.381 e. The molecule has 0 aromatic carbocycles. The zero-order chi connectivity index (χ0) is 26.8. The molecule has 0 N–H and O–H groups in total. The van der Waals surface area contributed by atoms with Crippen LogP contribution in [-0.4, -0.2) is 104 Å². The summed E-state index contributed by atoms with van der Waals surface area (Å²) in [5, 5.41) is 0. The molecule has 0 aliphatic carbocycles. The van der Waals surface area contributed by atoms with Crippen LogP contribution in [-0.2, 0) is 44.6 Å². The largest absolute Gasteiger partial charge is 0.500 e. The second-order valence-electron chi connectivity index (χ2n) is 8.58. The van der Waals surface area contributed by atoms with Crippen LogP contribution in [0.15, 0.2) is 0 Å². The fourth-order valence-corrected chi connectivity index (χ4v) is 9.78. The van der Waals surface area contributed by atoms with Gasteiger partial charge < -0.3 is 44.6 Å². The van der Waals surface area contributed by atoms with Crippen LogP contribution in [0.25, 0.3) is 0 Å². The van der Waals surface area contributed by atoms with Gasteiger partial charge in [0.05, 0.1) is 6.61 Å². The van der Waals surface area contributed by atoms with E-state index in [2.05, 4.69) is 0 Å². The highest BCUT2D eigenvalue weighted by molar-refractivity contribution is 6.61. The van der Waals surface area contributed by atoms with Gasteiger partial charge >= 0.3 is 26.4 Å². The summed E-state index contributed by atoms with van der Waals surface area (Å²) in [4.78, 5) is 0. The molecule has 35 heavy (non-hydrogen) atoms. The lowest BCUT2D eigenvalue weighted by molar-refractivity contribution is 0.0274. The molecule has 0 heterocycles. The predicted molar refractivity (Wildman–Crippen MR) is 141 cm³/mol. The Morgan fingerprint density at radius 2 is 0.714 bits per heavy atom. The lowest BCUT2D eigenvalue weighted by atomic mass is 9.76. The van der Waals surface area contributed by atoms with Crippen LogP contribution in [0.4, 0.5) is 0 Å². The van der Waals surface area contributed by atoms with Crippen LogP contribution in [0.3, 0.4) is 0 Å². The summed E-state index contributed by atoms with van der Waals surface area (Å²) in [5.41, 5.74) is -0.0594. The third kappa shape index (κ3) is 11.3. The van der Waals surface area contributed by atoms with E-state index in [-0.39, 0.29) is 5.41 Å². The standard InChI is InChI=1S/C22H52O10Si3/c1-11-32-21-22(15-12-18-33(23-2,24-3)25-4,16-13-19-34(26-5,27-6)28-7)17-14-20-35(29-8,30-9)31-10/h11-21H2,1-10H3. The van der Waals surface area contributed by atoms with Gasteiger partial charge in [0.2, 0.25) is 0 Å². The fourth-order valence-electron chi connectivity index (χ4n) is 4.62. The predicted octanol–water partition coefficient (Wildman–Crippen LogP) is 3.98. The van der Waals surface area contributed by atoms with Crippen molar-refractivity contribution in [2.45, 2.75) is 63.6 Å². The van der Waals surface area contributed by atoms with Gasteiger partial charge in [0.1, 0.15) is 0 Å². The highest BCUT2D eigenvalue weighted by atomic mass is 28.4. The van der Waals surface area contributed by atoms with E-state index in [1.54, 1.807) is 64.0 Å². The molecule has 0 aliphatic rings. The average Bonchev–Trinajstić information content (AvgIpc) is 2.91. The summed E-state index contributed by atoms with van der Waals surface area (Å²) in [6.45, 7) is 3.35. The minimum absolute atomic E-state index is 0.0594. The van der Waals surface area contributed by atoms with E-state index >= 15 is 0 Å². The van der Waals surface area contributed by atoms with Crippen molar-refractivity contribution < 1.29 is 44.6 Å². The maximum absolute atomic E-state index is 6.04. The monoisotopic (exact) mass is 560 g/mol. The summed E-state index contributed by atoms with van der Waals surface area (Å²) in [5.74, 6) is 0. The summed E-state index contributed by atoms with van der Waals surface area (Å²) in [6.07, 6.45) is 5.54. The van der Waals surface area contributed by atoms with Crippen LogP contribution in [0.1, 0.15) is 45.4 Å². The lowest BCUT2D eigenvalue weighted by Crippen LogP contribution is -2.44. The van der Waals surface area contributed by atoms with Gasteiger partial charge in [-0.3, -0.25) is 0 Å². The molecule has 0 aliphatic heterocycles. The lowest BCUT2D eigenvalue weighted by Gasteiger charge is -2.36. The molecule has 10 nitrogen and oxygen atoms in total. The van der Waals surface area contributed by atoms with E-state index in [4.69, 9.17) is 44.6 Å². The van der Waals surface area contributed by atoms with Crippen LogP contribution in [0.2, 0.25) is 18.1 Å². The van der Waals surface area contributed by atoms with E-state index < -0.39 is 26.4 Å². The molecule has 0 bridgehead atoms. The summed E-state index contributed by atoms with van der Waals surface area (Å²) in [6, 6.07) is 2.22. The topological polar surface area (TPSA) is 92.3 Å². The van der Waals surface area contributed by atoms with Gasteiger partial charge in [0.15, 0.2) is 0 Å². The van der Waals surface area contributed by atoms with E-state index in [1.165, 1.54) is 0 Å². The quantitative estimate of drug-likeness (QED) is 0.161. The molecule has 0 atom stereocenters. The maximum Gasteiger partial charge on any atom is 0.500 e. The Balaban J connectivity index is 5.66. The molecule has 0 aromatic rings. The van der Waals surface area contributed by atoms with Crippen molar-refractivity contribution in [1.82, 2.24) is 0 Å². The Labute approximate surface area is 217 Å². The molecule has 0 spiro atoms. The summed E-state index contributed by atoms with van der Waals surface area (Å²) >= 11 is 0. The molecule has 0 saturated heterocycles. The molecule has 0 aromatic heterocycles. The van der Waals surface area contributed by atoms with E-state index in [0.717, 1.165) is 56.7 Å². The molecule has 0 saturated carbocycles. The van der Waals surface area contributed by atoms with Crippen molar-refractivity contribution >= 4 is 26.4 Å². The van der Waals surface area contributed by atoms with Crippen molar-refractivity contribution in [3.05, 3.63) is 0 Å². The summed E-state index contributed by atoms with van der Waals surface area (Å²) < 4.78 is 56.9. The Morgan fingerprint density at radius 1 is 0.457 bits per heavy atom. The van der Waals surface area contributed by atoms with Crippen LogP contribution < -0.4 is 0 Å². The second kappa shape index (κ2) is 18.5. The third-order valence-corrected chi connectivity index (χ3v) is 15.5. The Hall–Kier alpha value is 0.251. The third-order valence-electron chi connectivity index (χ3n) is 6.98. The number of rotatable bonds is 24. The molecule has 0 unspecified atom stereocenters. The first kappa shape index (κ1) is 35.3. The van der Waals surface area contributed by atoms with Crippen LogP contribution in [0, 0.1) is 5.41 Å². The first-order valence-corrected chi connectivity index (χ1v) is 18.1. The smallest absolute Gasteiger partial charge is 0.381 e. The van der Waals surface area contributed by atoms with Gasteiger partial charge in [0.25, 0.3) is 0 Å². The molecular weight excluding hydrogens is 508 g/mol. The van der Waals surface area contributed by atoms with Crippen molar-refractivity contribution in [3.63, 3.8) is 0 Å². The van der Waals surface area contributed by atoms with Crippen LogP contribution >= 0.6 is 0 Å². The average molecular weight is 561 g/mol. The van der Waals surface area contributed by atoms with Gasteiger partial charge in [0, 0.05) is 88.7 Å². The molecule has 0 amide bonds. The van der Waals surface area contributed by atoms with Crippen molar-refractivity contribution in [1.29, 1.82) is 0 Å². The minimum atomic E-state index is -2.65. The van der Waals surface area contributed by atoms with Gasteiger partial charge in [-0.2, -0.15) is 0 Å². The SMILES string of the molecule is CCOCC(CCC[Si](OC)(OC)OC)(CCC[Si](OC)(OC)OC)CCC[Si](OC)(OC)OC. The molecule has 0 rings (SSSR count). The molecule has 212 valence electrons. The van der Waals surface area contributed by atoms with Gasteiger partial charge in [-0.15, -0.1) is 0 Å². The van der Waals surface area contributed by atoms with E-state index in [9.17, 15) is 0 Å². The van der Waals surface area contributed by atoms with Crippen molar-refractivity contribution in [2.75, 3.05) is 77.2 Å². The molecular formula is C22H52O10Si3. The maximum atomic E-state index is 6.04. The number of hydrogen-bond donors (Lipinski definition) is 0. The Morgan fingerprint density at radius 3 is 0.914 bits per heavy atom. The van der Waals surface area contributed by atoms with Crippen molar-refractivity contribution in [2.24, 2.45) is 5.41 Å². The Bertz CT molecular complexity index is 428. The molecule has 13 heteroatoms. The summed E-state index contributed by atoms with van der Waals surface area (Å²) in [7, 11) is 6.93. The number of ether oxygens (including phenoxy) is 1. The van der Waals surface area contributed by atoms with E-state index in [1.807, 2.05) is 6.92 Å². The van der Waals surface area contributed by atoms with Gasteiger partial charge in [-0.05, 0) is 50.9 Å².